The highest BCUT2D eigenvalue weighted by atomic mass is 16.1. The molecule has 0 aromatic heterocycles. The number of aldehydes is 1. The van der Waals surface area contributed by atoms with Gasteiger partial charge in [0.15, 0.2) is 0 Å². The third-order valence-electron chi connectivity index (χ3n) is 7.47. The number of hydrogen-bond donors (Lipinski definition) is 1. The minimum atomic E-state index is -0.143. The van der Waals surface area contributed by atoms with Gasteiger partial charge in [-0.2, -0.15) is 0 Å². The van der Waals surface area contributed by atoms with E-state index in [-0.39, 0.29) is 5.41 Å². The Morgan fingerprint density at radius 1 is 0.639 bits per heavy atom. The molecule has 2 nitrogen and oxygen atoms in total. The summed E-state index contributed by atoms with van der Waals surface area (Å²) in [6, 6.07) is 39.2. The summed E-state index contributed by atoms with van der Waals surface area (Å²) in [6.07, 6.45) is 4.34. The molecule has 5 rings (SSSR count). The van der Waals surface area contributed by atoms with Crippen LogP contribution in [0.25, 0.3) is 21.5 Å². The summed E-state index contributed by atoms with van der Waals surface area (Å²) in [5.74, 6) is 0. The molecule has 2 heteroatoms. The molecule has 0 aliphatic carbocycles. The van der Waals surface area contributed by atoms with Gasteiger partial charge in [0, 0.05) is 29.5 Å². The molecule has 0 atom stereocenters. The van der Waals surface area contributed by atoms with Gasteiger partial charge in [-0.1, -0.05) is 116 Å². The summed E-state index contributed by atoms with van der Waals surface area (Å²) < 4.78 is 0. The lowest BCUT2D eigenvalue weighted by atomic mass is 9.67. The van der Waals surface area contributed by atoms with Crippen molar-refractivity contribution < 1.29 is 4.79 Å². The molecule has 0 aliphatic rings. The van der Waals surface area contributed by atoms with Crippen molar-refractivity contribution in [1.82, 2.24) is 0 Å². The Bertz CT molecular complexity index is 1420. The zero-order chi connectivity index (χ0) is 24.8. The van der Waals surface area contributed by atoms with Crippen LogP contribution in [-0.4, -0.2) is 12.8 Å². The fourth-order valence-electron chi connectivity index (χ4n) is 5.77. The average molecular weight is 472 g/mol. The third-order valence-corrected chi connectivity index (χ3v) is 7.47. The van der Waals surface area contributed by atoms with Gasteiger partial charge in [-0.05, 0) is 52.1 Å². The molecule has 0 radical (unpaired) electrons. The molecule has 0 bridgehead atoms. The largest absolute Gasteiger partial charge is 0.384 e. The predicted molar refractivity (Wildman–Crippen MR) is 153 cm³/mol. The molecule has 36 heavy (non-hydrogen) atoms. The minimum absolute atomic E-state index is 0.143. The first-order chi connectivity index (χ1) is 17.8. The Morgan fingerprint density at radius 3 is 1.64 bits per heavy atom. The maximum Gasteiger partial charge on any atom is 0.121 e. The Balaban J connectivity index is 1.84. The molecule has 0 aliphatic heterocycles. The average Bonchev–Trinajstić information content (AvgIpc) is 2.94. The number of fused-ring (bicyclic) bond motifs is 3. The lowest BCUT2D eigenvalue weighted by molar-refractivity contribution is -0.107. The maximum absolute atomic E-state index is 11.3. The van der Waals surface area contributed by atoms with E-state index in [9.17, 15) is 4.79 Å². The highest BCUT2D eigenvalue weighted by Crippen LogP contribution is 2.47. The molecule has 5 aromatic rings. The zero-order valence-electron chi connectivity index (χ0n) is 20.9. The van der Waals surface area contributed by atoms with Crippen molar-refractivity contribution in [3.8, 4) is 0 Å². The SMILES string of the molecule is CCC(Cc1ccccc1)(Cc1ccccc1)c1c(NCCC=O)c2ccccc2c2ccccc12. The van der Waals surface area contributed by atoms with Gasteiger partial charge in [0.1, 0.15) is 6.29 Å². The summed E-state index contributed by atoms with van der Waals surface area (Å²) in [4.78, 5) is 11.3. The minimum Gasteiger partial charge on any atom is -0.384 e. The highest BCUT2D eigenvalue weighted by molar-refractivity contribution is 6.15. The highest BCUT2D eigenvalue weighted by Gasteiger charge is 2.36. The number of carbonyl (C=O) groups is 1. The van der Waals surface area contributed by atoms with Crippen molar-refractivity contribution in [3.05, 3.63) is 126 Å². The first-order valence-electron chi connectivity index (χ1n) is 12.9. The van der Waals surface area contributed by atoms with Gasteiger partial charge >= 0.3 is 0 Å². The summed E-state index contributed by atoms with van der Waals surface area (Å²) in [5, 5.41) is 8.76. The molecule has 0 fully saturated rings. The Morgan fingerprint density at radius 2 is 1.11 bits per heavy atom. The molecular formula is C34H33NO. The van der Waals surface area contributed by atoms with E-state index in [2.05, 4.69) is 121 Å². The number of anilines is 1. The van der Waals surface area contributed by atoms with Crippen LogP contribution in [0.5, 0.6) is 0 Å². The molecule has 0 spiro atoms. The number of nitrogens with one attached hydrogen (secondary N) is 1. The second-order valence-electron chi connectivity index (χ2n) is 9.68. The normalized spacial score (nSPS) is 11.6. The monoisotopic (exact) mass is 471 g/mol. The molecule has 0 amide bonds. The van der Waals surface area contributed by atoms with E-state index in [1.807, 2.05) is 0 Å². The van der Waals surface area contributed by atoms with Crippen LogP contribution in [0.4, 0.5) is 5.69 Å². The van der Waals surface area contributed by atoms with E-state index < -0.39 is 0 Å². The van der Waals surface area contributed by atoms with Gasteiger partial charge in [0.2, 0.25) is 0 Å². The van der Waals surface area contributed by atoms with Crippen LogP contribution in [0.15, 0.2) is 109 Å². The molecule has 1 N–H and O–H groups in total. The van der Waals surface area contributed by atoms with Crippen LogP contribution < -0.4 is 5.32 Å². The molecule has 5 aromatic carbocycles. The van der Waals surface area contributed by atoms with Crippen LogP contribution in [0.1, 0.15) is 36.5 Å². The number of carbonyl (C=O) groups excluding carboxylic acids is 1. The van der Waals surface area contributed by atoms with E-state index in [4.69, 9.17) is 0 Å². The maximum atomic E-state index is 11.3. The molecule has 0 saturated heterocycles. The lowest BCUT2D eigenvalue weighted by Gasteiger charge is -2.38. The summed E-state index contributed by atoms with van der Waals surface area (Å²) in [5.41, 5.74) is 5.06. The number of benzene rings is 5. The van der Waals surface area contributed by atoms with Crippen molar-refractivity contribution in [2.24, 2.45) is 0 Å². The third kappa shape index (κ3) is 4.64. The van der Waals surface area contributed by atoms with Crippen LogP contribution in [-0.2, 0) is 23.1 Å². The molecular weight excluding hydrogens is 438 g/mol. The quantitative estimate of drug-likeness (QED) is 0.127. The van der Waals surface area contributed by atoms with Crippen molar-refractivity contribution in [3.63, 3.8) is 0 Å². The smallest absolute Gasteiger partial charge is 0.121 e. The van der Waals surface area contributed by atoms with Gasteiger partial charge in [0.05, 0.1) is 0 Å². The van der Waals surface area contributed by atoms with Gasteiger partial charge in [0.25, 0.3) is 0 Å². The van der Waals surface area contributed by atoms with Gasteiger partial charge < -0.3 is 10.1 Å². The zero-order valence-corrected chi connectivity index (χ0v) is 20.9. The topological polar surface area (TPSA) is 29.1 Å². The molecule has 180 valence electrons. The summed E-state index contributed by atoms with van der Waals surface area (Å²) in [7, 11) is 0. The first kappa shape index (κ1) is 23.8. The van der Waals surface area contributed by atoms with E-state index in [0.29, 0.717) is 13.0 Å². The Kier molecular flexibility index (Phi) is 7.13. The summed E-state index contributed by atoms with van der Waals surface area (Å²) >= 11 is 0. The van der Waals surface area contributed by atoms with Crippen LogP contribution in [0.3, 0.4) is 0 Å². The Labute approximate surface area is 214 Å². The molecule has 0 saturated carbocycles. The fourth-order valence-corrected chi connectivity index (χ4v) is 5.77. The molecule has 0 heterocycles. The van der Waals surface area contributed by atoms with Gasteiger partial charge in [-0.3, -0.25) is 0 Å². The van der Waals surface area contributed by atoms with E-state index in [1.165, 1.54) is 43.9 Å². The van der Waals surface area contributed by atoms with Crippen LogP contribution in [0, 0.1) is 0 Å². The van der Waals surface area contributed by atoms with Crippen LogP contribution in [0.2, 0.25) is 0 Å². The Hall–Kier alpha value is -3.91. The molecule has 0 unspecified atom stereocenters. The number of rotatable bonds is 10. The van der Waals surface area contributed by atoms with E-state index in [0.717, 1.165) is 25.5 Å². The lowest BCUT2D eigenvalue weighted by Crippen LogP contribution is -2.33. The van der Waals surface area contributed by atoms with Gasteiger partial charge in [-0.25, -0.2) is 0 Å². The van der Waals surface area contributed by atoms with Crippen molar-refractivity contribution in [2.75, 3.05) is 11.9 Å². The second kappa shape index (κ2) is 10.8. The van der Waals surface area contributed by atoms with E-state index >= 15 is 0 Å². The van der Waals surface area contributed by atoms with E-state index in [1.54, 1.807) is 0 Å². The van der Waals surface area contributed by atoms with Crippen molar-refractivity contribution in [2.45, 2.75) is 38.0 Å². The van der Waals surface area contributed by atoms with Crippen molar-refractivity contribution in [1.29, 1.82) is 0 Å². The van der Waals surface area contributed by atoms with Crippen molar-refractivity contribution >= 4 is 33.5 Å². The van der Waals surface area contributed by atoms with Crippen LogP contribution >= 0.6 is 0 Å². The summed E-state index contributed by atoms with van der Waals surface area (Å²) in [6.45, 7) is 2.94. The first-order valence-corrected chi connectivity index (χ1v) is 12.9. The second-order valence-corrected chi connectivity index (χ2v) is 9.68. The number of hydrogen-bond acceptors (Lipinski definition) is 2. The standard InChI is InChI=1S/C34H33NO/c1-2-34(24-26-14-5-3-6-15-26,25-27-16-7-4-8-17-27)32-30-20-11-9-18-28(30)29-19-10-12-21-31(29)33(32)35-22-13-23-36/h3-12,14-21,23,35H,2,13,22,24-25H2,1H3. The van der Waals surface area contributed by atoms with Gasteiger partial charge in [-0.15, -0.1) is 0 Å². The fraction of sp³-hybridized carbons (Fsp3) is 0.206. The predicted octanol–water partition coefficient (Wildman–Crippen LogP) is 8.13.